The van der Waals surface area contributed by atoms with Crippen LogP contribution in [-0.4, -0.2) is 9.55 Å². The molecule has 6 heteroatoms. The molecule has 2 rings (SSSR count). The zero-order valence-corrected chi connectivity index (χ0v) is 9.06. The molecule has 0 spiro atoms. The van der Waals surface area contributed by atoms with E-state index in [0.717, 1.165) is 4.57 Å². The van der Waals surface area contributed by atoms with E-state index < -0.39 is 6.55 Å². The van der Waals surface area contributed by atoms with Crippen LogP contribution in [-0.2, 0) is 0 Å². The predicted molar refractivity (Wildman–Crippen MR) is 53.7 cm³/mol. The Balaban J connectivity index is 2.86. The molecule has 0 N–H and O–H groups in total. The standard InChI is InChI=1S/C8H4BrClF2N2/c9-4-3-14(8(11)12)7-5(10)1-2-13-6(4)7/h1-3,8H. The minimum absolute atomic E-state index is 0.246. The zero-order chi connectivity index (χ0) is 10.3. The molecule has 0 aliphatic heterocycles. The van der Waals surface area contributed by atoms with Gasteiger partial charge in [0.05, 0.1) is 15.0 Å². The number of rotatable bonds is 1. The topological polar surface area (TPSA) is 17.8 Å². The van der Waals surface area contributed by atoms with E-state index in [9.17, 15) is 8.78 Å². The molecule has 0 saturated heterocycles. The van der Waals surface area contributed by atoms with Gasteiger partial charge in [0.25, 0.3) is 0 Å². The molecule has 0 aromatic carbocycles. The van der Waals surface area contributed by atoms with E-state index in [4.69, 9.17) is 11.6 Å². The third-order valence-electron chi connectivity index (χ3n) is 1.82. The van der Waals surface area contributed by atoms with Gasteiger partial charge in [-0.2, -0.15) is 8.78 Å². The minimum Gasteiger partial charge on any atom is -0.287 e. The van der Waals surface area contributed by atoms with Gasteiger partial charge in [0.15, 0.2) is 0 Å². The molecular weight excluding hydrogens is 277 g/mol. The van der Waals surface area contributed by atoms with Crippen molar-refractivity contribution in [3.05, 3.63) is 28.0 Å². The monoisotopic (exact) mass is 280 g/mol. The average Bonchev–Trinajstić information content (AvgIpc) is 2.46. The van der Waals surface area contributed by atoms with Crippen molar-refractivity contribution >= 4 is 38.6 Å². The van der Waals surface area contributed by atoms with Crippen molar-refractivity contribution in [2.75, 3.05) is 0 Å². The van der Waals surface area contributed by atoms with Gasteiger partial charge in [-0.25, -0.2) is 0 Å². The van der Waals surface area contributed by atoms with E-state index in [2.05, 4.69) is 20.9 Å². The molecule has 14 heavy (non-hydrogen) atoms. The van der Waals surface area contributed by atoms with Crippen molar-refractivity contribution in [3.8, 4) is 0 Å². The Labute approximate surface area is 91.6 Å². The lowest BCUT2D eigenvalue weighted by molar-refractivity contribution is 0.0751. The summed E-state index contributed by atoms with van der Waals surface area (Å²) in [5.74, 6) is 0. The summed E-state index contributed by atoms with van der Waals surface area (Å²) in [6.45, 7) is -2.62. The number of aromatic nitrogens is 2. The normalized spacial score (nSPS) is 11.5. The Morgan fingerprint density at radius 2 is 2.21 bits per heavy atom. The molecule has 2 nitrogen and oxygen atoms in total. The molecule has 2 heterocycles. The summed E-state index contributed by atoms with van der Waals surface area (Å²) in [7, 11) is 0. The third-order valence-corrected chi connectivity index (χ3v) is 2.71. The van der Waals surface area contributed by atoms with E-state index in [1.54, 1.807) is 0 Å². The molecular formula is C8H4BrClF2N2. The van der Waals surface area contributed by atoms with E-state index in [0.29, 0.717) is 9.99 Å². The van der Waals surface area contributed by atoms with Crippen molar-refractivity contribution in [2.24, 2.45) is 0 Å². The second-order valence-electron chi connectivity index (χ2n) is 2.65. The van der Waals surface area contributed by atoms with Crippen LogP contribution >= 0.6 is 27.5 Å². The number of nitrogens with zero attached hydrogens (tertiary/aromatic N) is 2. The summed E-state index contributed by atoms with van der Waals surface area (Å²) in [6.07, 6.45) is 2.75. The largest absolute Gasteiger partial charge is 0.319 e. The maximum absolute atomic E-state index is 12.5. The molecule has 0 unspecified atom stereocenters. The van der Waals surface area contributed by atoms with Crippen molar-refractivity contribution in [1.29, 1.82) is 0 Å². The lowest BCUT2D eigenvalue weighted by Gasteiger charge is -2.03. The number of hydrogen-bond acceptors (Lipinski definition) is 1. The highest BCUT2D eigenvalue weighted by atomic mass is 79.9. The van der Waals surface area contributed by atoms with Crippen LogP contribution < -0.4 is 0 Å². The number of hydrogen-bond donors (Lipinski definition) is 0. The molecule has 2 aromatic rings. The molecule has 0 aliphatic rings. The van der Waals surface area contributed by atoms with Crippen LogP contribution in [0.1, 0.15) is 6.55 Å². The van der Waals surface area contributed by atoms with Crippen LogP contribution in [0.2, 0.25) is 5.02 Å². The smallest absolute Gasteiger partial charge is 0.287 e. The van der Waals surface area contributed by atoms with Gasteiger partial charge in [0.2, 0.25) is 0 Å². The third kappa shape index (κ3) is 1.40. The first-order valence-corrected chi connectivity index (χ1v) is 4.87. The number of fused-ring (bicyclic) bond motifs is 1. The molecule has 0 atom stereocenters. The highest BCUT2D eigenvalue weighted by molar-refractivity contribution is 9.10. The predicted octanol–water partition coefficient (Wildman–Crippen LogP) is 3.85. The van der Waals surface area contributed by atoms with Crippen molar-refractivity contribution in [1.82, 2.24) is 9.55 Å². The number of halogens is 4. The Kier molecular flexibility index (Phi) is 2.45. The zero-order valence-electron chi connectivity index (χ0n) is 6.72. The Bertz CT molecular complexity index is 483. The molecule has 0 bridgehead atoms. The highest BCUT2D eigenvalue weighted by Gasteiger charge is 2.16. The van der Waals surface area contributed by atoms with Crippen molar-refractivity contribution in [2.45, 2.75) is 6.55 Å². The number of pyridine rings is 1. The van der Waals surface area contributed by atoms with Gasteiger partial charge >= 0.3 is 6.55 Å². The molecule has 0 radical (unpaired) electrons. The SMILES string of the molecule is FC(F)n1cc(Br)c2nccc(Cl)c21. The minimum atomic E-state index is -2.62. The van der Waals surface area contributed by atoms with Crippen LogP contribution in [0, 0.1) is 0 Å². The van der Waals surface area contributed by atoms with Crippen molar-refractivity contribution < 1.29 is 8.78 Å². The Hall–Kier alpha value is -0.680. The molecule has 0 saturated carbocycles. The molecule has 0 fully saturated rings. The summed E-state index contributed by atoms with van der Waals surface area (Å²) in [5.41, 5.74) is 0.689. The Morgan fingerprint density at radius 1 is 1.50 bits per heavy atom. The van der Waals surface area contributed by atoms with Gasteiger partial charge in [-0.05, 0) is 22.0 Å². The summed E-state index contributed by atoms with van der Waals surface area (Å²) in [4.78, 5) is 3.96. The van der Waals surface area contributed by atoms with E-state index in [-0.39, 0.29) is 10.5 Å². The lowest BCUT2D eigenvalue weighted by Crippen LogP contribution is -1.95. The van der Waals surface area contributed by atoms with Crippen LogP contribution in [0.3, 0.4) is 0 Å². The summed E-state index contributed by atoms with van der Waals surface area (Å²) in [6, 6.07) is 1.48. The van der Waals surface area contributed by atoms with E-state index in [1.807, 2.05) is 0 Å². The fraction of sp³-hybridized carbons (Fsp3) is 0.125. The quantitative estimate of drug-likeness (QED) is 0.776. The fourth-order valence-corrected chi connectivity index (χ4v) is 2.01. The van der Waals surface area contributed by atoms with Gasteiger partial charge in [-0.15, -0.1) is 0 Å². The fourth-order valence-electron chi connectivity index (χ4n) is 1.25. The van der Waals surface area contributed by atoms with Crippen LogP contribution in [0.4, 0.5) is 8.78 Å². The molecule has 0 aliphatic carbocycles. The van der Waals surface area contributed by atoms with Crippen LogP contribution in [0.15, 0.2) is 22.9 Å². The first-order chi connectivity index (χ1) is 6.61. The first-order valence-electron chi connectivity index (χ1n) is 3.70. The van der Waals surface area contributed by atoms with E-state index >= 15 is 0 Å². The number of alkyl halides is 2. The van der Waals surface area contributed by atoms with Gasteiger partial charge in [-0.3, -0.25) is 9.55 Å². The second-order valence-corrected chi connectivity index (χ2v) is 3.91. The molecule has 0 amide bonds. The molecule has 2 aromatic heterocycles. The summed E-state index contributed by atoms with van der Waals surface area (Å²) >= 11 is 8.95. The van der Waals surface area contributed by atoms with Crippen LogP contribution in [0.25, 0.3) is 11.0 Å². The summed E-state index contributed by atoms with van der Waals surface area (Å²) < 4.78 is 26.4. The van der Waals surface area contributed by atoms with E-state index in [1.165, 1.54) is 18.5 Å². The van der Waals surface area contributed by atoms with Crippen molar-refractivity contribution in [3.63, 3.8) is 0 Å². The Morgan fingerprint density at radius 3 is 2.86 bits per heavy atom. The first kappa shape index (κ1) is 9.86. The lowest BCUT2D eigenvalue weighted by atomic mass is 10.4. The van der Waals surface area contributed by atoms with Gasteiger partial charge < -0.3 is 0 Å². The maximum Gasteiger partial charge on any atom is 0.319 e. The second kappa shape index (κ2) is 3.47. The van der Waals surface area contributed by atoms with Gasteiger partial charge in [0.1, 0.15) is 5.52 Å². The van der Waals surface area contributed by atoms with Gasteiger partial charge in [-0.1, -0.05) is 11.6 Å². The highest BCUT2D eigenvalue weighted by Crippen LogP contribution is 2.32. The molecule has 74 valence electrons. The maximum atomic E-state index is 12.5. The average molecular weight is 281 g/mol. The van der Waals surface area contributed by atoms with Crippen LogP contribution in [0.5, 0.6) is 0 Å². The summed E-state index contributed by atoms with van der Waals surface area (Å²) in [5, 5.41) is 0.265. The van der Waals surface area contributed by atoms with Gasteiger partial charge in [0, 0.05) is 12.4 Å².